The number of benzene rings is 1. The van der Waals surface area contributed by atoms with Crippen molar-refractivity contribution in [2.24, 2.45) is 5.92 Å². The number of carbonyl (C=O) groups is 2. The fourth-order valence-corrected chi connectivity index (χ4v) is 3.34. The van der Waals surface area contributed by atoms with E-state index < -0.39 is 12.0 Å². The van der Waals surface area contributed by atoms with E-state index in [-0.39, 0.29) is 28.8 Å². The predicted molar refractivity (Wildman–Crippen MR) is 94.0 cm³/mol. The van der Waals surface area contributed by atoms with Gasteiger partial charge >= 0.3 is 5.97 Å². The summed E-state index contributed by atoms with van der Waals surface area (Å²) in [4.78, 5) is 24.1. The van der Waals surface area contributed by atoms with Gasteiger partial charge in [0.1, 0.15) is 17.0 Å². The average Bonchev–Trinajstić information content (AvgIpc) is 3.31. The summed E-state index contributed by atoms with van der Waals surface area (Å²) in [6.45, 7) is 1.71. The molecule has 1 saturated carbocycles. The third kappa shape index (κ3) is 3.56. The Balaban J connectivity index is 1.86. The SMILES string of the molecule is COc1ccc(-c2noc([C@@H](C)NC(=O)C3CCCC3)c2C(=O)O)cc1. The Morgan fingerprint density at radius 3 is 2.50 bits per heavy atom. The van der Waals surface area contributed by atoms with Gasteiger partial charge in [0.05, 0.1) is 13.2 Å². The number of ether oxygens (including phenoxy) is 1. The van der Waals surface area contributed by atoms with Crippen LogP contribution in [0.25, 0.3) is 11.3 Å². The van der Waals surface area contributed by atoms with Crippen molar-refractivity contribution in [2.45, 2.75) is 38.6 Å². The van der Waals surface area contributed by atoms with Crippen molar-refractivity contribution < 1.29 is 24.0 Å². The van der Waals surface area contributed by atoms with Crippen LogP contribution in [0.4, 0.5) is 0 Å². The molecular formula is C19H22N2O5. The molecule has 0 spiro atoms. The maximum Gasteiger partial charge on any atom is 0.341 e. The number of carbonyl (C=O) groups excluding carboxylic acids is 1. The van der Waals surface area contributed by atoms with Crippen molar-refractivity contribution >= 4 is 11.9 Å². The van der Waals surface area contributed by atoms with E-state index in [0.29, 0.717) is 11.3 Å². The van der Waals surface area contributed by atoms with Crippen LogP contribution in [0.2, 0.25) is 0 Å². The minimum atomic E-state index is -1.14. The maximum absolute atomic E-state index is 12.3. The number of aromatic carboxylic acids is 1. The monoisotopic (exact) mass is 358 g/mol. The molecule has 138 valence electrons. The molecule has 2 N–H and O–H groups in total. The maximum atomic E-state index is 12.3. The van der Waals surface area contributed by atoms with E-state index in [9.17, 15) is 14.7 Å². The molecule has 3 rings (SSSR count). The van der Waals surface area contributed by atoms with Crippen LogP contribution in [0.3, 0.4) is 0 Å². The molecule has 1 heterocycles. The van der Waals surface area contributed by atoms with Crippen molar-refractivity contribution in [2.75, 3.05) is 7.11 Å². The summed E-state index contributed by atoms with van der Waals surface area (Å²) < 4.78 is 10.4. The molecule has 1 aliphatic rings. The van der Waals surface area contributed by atoms with Gasteiger partial charge in [0, 0.05) is 11.5 Å². The van der Waals surface area contributed by atoms with Gasteiger partial charge in [0.15, 0.2) is 5.76 Å². The zero-order valence-electron chi connectivity index (χ0n) is 14.8. The Labute approximate surface area is 151 Å². The molecule has 1 atom stereocenters. The zero-order chi connectivity index (χ0) is 18.7. The van der Waals surface area contributed by atoms with Gasteiger partial charge in [-0.05, 0) is 44.0 Å². The lowest BCUT2D eigenvalue weighted by Gasteiger charge is -2.15. The van der Waals surface area contributed by atoms with Crippen LogP contribution >= 0.6 is 0 Å². The smallest absolute Gasteiger partial charge is 0.341 e. The largest absolute Gasteiger partial charge is 0.497 e. The molecule has 7 heteroatoms. The first-order valence-electron chi connectivity index (χ1n) is 8.69. The van der Waals surface area contributed by atoms with Gasteiger partial charge in [-0.1, -0.05) is 18.0 Å². The lowest BCUT2D eigenvalue weighted by Crippen LogP contribution is -2.32. The Morgan fingerprint density at radius 1 is 1.27 bits per heavy atom. The molecule has 0 bridgehead atoms. The molecule has 1 aliphatic carbocycles. The van der Waals surface area contributed by atoms with Crippen LogP contribution < -0.4 is 10.1 Å². The minimum Gasteiger partial charge on any atom is -0.497 e. The molecule has 1 aromatic heterocycles. The predicted octanol–water partition coefficient (Wildman–Crippen LogP) is 3.42. The first-order chi connectivity index (χ1) is 12.5. The number of methoxy groups -OCH3 is 1. The number of amides is 1. The molecule has 7 nitrogen and oxygen atoms in total. The third-order valence-electron chi connectivity index (χ3n) is 4.77. The quantitative estimate of drug-likeness (QED) is 0.820. The lowest BCUT2D eigenvalue weighted by atomic mass is 10.0. The van der Waals surface area contributed by atoms with E-state index in [0.717, 1.165) is 25.7 Å². The highest BCUT2D eigenvalue weighted by Gasteiger charge is 2.30. The van der Waals surface area contributed by atoms with Crippen LogP contribution in [0, 0.1) is 5.92 Å². The van der Waals surface area contributed by atoms with Crippen molar-refractivity contribution in [3.05, 3.63) is 35.6 Å². The molecular weight excluding hydrogens is 336 g/mol. The van der Waals surface area contributed by atoms with E-state index >= 15 is 0 Å². The number of aromatic nitrogens is 1. The first kappa shape index (κ1) is 18.0. The molecule has 0 saturated heterocycles. The minimum absolute atomic E-state index is 0.00490. The number of carboxylic acids is 1. The molecule has 0 unspecified atom stereocenters. The second-order valence-corrected chi connectivity index (χ2v) is 6.52. The number of rotatable bonds is 6. The summed E-state index contributed by atoms with van der Waals surface area (Å²) in [5, 5.41) is 16.5. The van der Waals surface area contributed by atoms with Gasteiger partial charge in [-0.2, -0.15) is 0 Å². The Hall–Kier alpha value is -2.83. The number of hydrogen-bond donors (Lipinski definition) is 2. The third-order valence-corrected chi connectivity index (χ3v) is 4.77. The topological polar surface area (TPSA) is 102 Å². The first-order valence-corrected chi connectivity index (χ1v) is 8.69. The second-order valence-electron chi connectivity index (χ2n) is 6.52. The molecule has 1 fully saturated rings. The zero-order valence-corrected chi connectivity index (χ0v) is 14.8. The van der Waals surface area contributed by atoms with Gasteiger partial charge in [0.25, 0.3) is 0 Å². The number of nitrogens with one attached hydrogen (secondary N) is 1. The summed E-state index contributed by atoms with van der Waals surface area (Å²) in [6, 6.07) is 6.30. The fraction of sp³-hybridized carbons (Fsp3) is 0.421. The van der Waals surface area contributed by atoms with Crippen LogP contribution in [0.5, 0.6) is 5.75 Å². The average molecular weight is 358 g/mol. The molecule has 26 heavy (non-hydrogen) atoms. The van der Waals surface area contributed by atoms with Gasteiger partial charge in [-0.15, -0.1) is 0 Å². The summed E-state index contributed by atoms with van der Waals surface area (Å²) in [7, 11) is 1.56. The van der Waals surface area contributed by atoms with Gasteiger partial charge < -0.3 is 19.7 Å². The van der Waals surface area contributed by atoms with Gasteiger partial charge in [0.2, 0.25) is 5.91 Å². The Bertz CT molecular complexity index is 791. The van der Waals surface area contributed by atoms with E-state index in [2.05, 4.69) is 10.5 Å². The molecule has 1 aromatic carbocycles. The summed E-state index contributed by atoms with van der Waals surface area (Å²) in [6.07, 6.45) is 3.85. The fourth-order valence-electron chi connectivity index (χ4n) is 3.34. The van der Waals surface area contributed by atoms with Crippen LogP contribution in [0.15, 0.2) is 28.8 Å². The van der Waals surface area contributed by atoms with Crippen molar-refractivity contribution in [3.8, 4) is 17.0 Å². The van der Waals surface area contributed by atoms with E-state index in [1.54, 1.807) is 38.3 Å². The summed E-state index contributed by atoms with van der Waals surface area (Å²) in [5.74, 6) is -0.404. The van der Waals surface area contributed by atoms with Gasteiger partial charge in [-0.3, -0.25) is 4.79 Å². The lowest BCUT2D eigenvalue weighted by molar-refractivity contribution is -0.125. The second kappa shape index (κ2) is 7.59. The standard InChI is InChI=1S/C19H22N2O5/c1-11(20-18(22)13-5-3-4-6-13)17-15(19(23)24)16(21-26-17)12-7-9-14(25-2)10-8-12/h7-11,13H,3-6H2,1-2H3,(H,20,22)(H,23,24)/t11-/m1/s1. The molecule has 2 aromatic rings. The Morgan fingerprint density at radius 2 is 1.92 bits per heavy atom. The number of hydrogen-bond acceptors (Lipinski definition) is 5. The van der Waals surface area contributed by atoms with Crippen molar-refractivity contribution in [1.29, 1.82) is 0 Å². The van der Waals surface area contributed by atoms with Gasteiger partial charge in [-0.25, -0.2) is 4.79 Å². The van der Waals surface area contributed by atoms with Crippen LogP contribution in [-0.2, 0) is 4.79 Å². The van der Waals surface area contributed by atoms with Crippen LogP contribution in [0.1, 0.15) is 54.8 Å². The molecule has 1 amide bonds. The van der Waals surface area contributed by atoms with E-state index in [1.807, 2.05) is 0 Å². The van der Waals surface area contributed by atoms with E-state index in [1.165, 1.54) is 0 Å². The molecule has 0 radical (unpaired) electrons. The van der Waals surface area contributed by atoms with E-state index in [4.69, 9.17) is 9.26 Å². The summed E-state index contributed by atoms with van der Waals surface area (Å²) >= 11 is 0. The van der Waals surface area contributed by atoms with Crippen molar-refractivity contribution in [3.63, 3.8) is 0 Å². The highest BCUT2D eigenvalue weighted by Crippen LogP contribution is 2.31. The molecule has 0 aliphatic heterocycles. The normalized spacial score (nSPS) is 15.6. The van der Waals surface area contributed by atoms with Crippen molar-refractivity contribution in [1.82, 2.24) is 10.5 Å². The number of carboxylic acid groups (broad SMARTS) is 1. The van der Waals surface area contributed by atoms with Crippen LogP contribution in [-0.4, -0.2) is 29.2 Å². The summed E-state index contributed by atoms with van der Waals surface area (Å²) in [5.41, 5.74) is 0.805. The Kier molecular flexibility index (Phi) is 5.25. The highest BCUT2D eigenvalue weighted by atomic mass is 16.5. The highest BCUT2D eigenvalue weighted by molar-refractivity contribution is 5.96. The number of nitrogens with zero attached hydrogens (tertiary/aromatic N) is 1.